The van der Waals surface area contributed by atoms with Crippen LogP contribution in [0.2, 0.25) is 0 Å². The molecule has 0 atom stereocenters. The van der Waals surface area contributed by atoms with Gasteiger partial charge in [-0.3, -0.25) is 4.79 Å². The second kappa shape index (κ2) is 8.00. The summed E-state index contributed by atoms with van der Waals surface area (Å²) in [6.45, 7) is 5.24. The Morgan fingerprint density at radius 1 is 1.32 bits per heavy atom. The number of aromatic nitrogens is 2. The number of carbonyl (C=O) groups is 1. The molecule has 6 heteroatoms. The van der Waals surface area contributed by atoms with E-state index in [2.05, 4.69) is 15.5 Å². The van der Waals surface area contributed by atoms with Crippen LogP contribution in [0, 0.1) is 5.41 Å². The molecular formula is C16H21N3O2S. The molecule has 0 aliphatic rings. The van der Waals surface area contributed by atoms with Crippen molar-refractivity contribution in [2.24, 2.45) is 5.41 Å². The Hall–Kier alpha value is -1.79. The number of ether oxygens (including phenoxy) is 1. The first kappa shape index (κ1) is 16.6. The molecule has 1 aromatic heterocycles. The highest BCUT2D eigenvalue weighted by Crippen LogP contribution is 2.17. The minimum Gasteiger partial charge on any atom is -0.376 e. The Morgan fingerprint density at radius 3 is 2.77 bits per heavy atom. The second-order valence-corrected chi connectivity index (χ2v) is 6.62. The van der Waals surface area contributed by atoms with Crippen molar-refractivity contribution in [2.75, 3.05) is 13.2 Å². The number of amides is 1. The number of carbonyl (C=O) groups excluding carboxylic acids is 1. The minimum absolute atomic E-state index is 0.00919. The lowest BCUT2D eigenvalue weighted by Crippen LogP contribution is -2.40. The summed E-state index contributed by atoms with van der Waals surface area (Å²) < 4.78 is 5.68. The average Bonchev–Trinajstić information content (AvgIpc) is 3.01. The number of nitrogens with one attached hydrogen (secondary N) is 1. The number of hydrogen-bond acceptors (Lipinski definition) is 5. The molecule has 0 bridgehead atoms. The van der Waals surface area contributed by atoms with Crippen molar-refractivity contribution in [2.45, 2.75) is 26.9 Å². The van der Waals surface area contributed by atoms with Gasteiger partial charge in [0.15, 0.2) is 0 Å². The van der Waals surface area contributed by atoms with Crippen LogP contribution < -0.4 is 5.32 Å². The molecular weight excluding hydrogens is 298 g/mol. The molecule has 118 valence electrons. The van der Waals surface area contributed by atoms with Crippen LogP contribution in [-0.4, -0.2) is 29.3 Å². The fourth-order valence-electron chi connectivity index (χ4n) is 1.89. The van der Waals surface area contributed by atoms with E-state index in [1.807, 2.05) is 44.2 Å². The van der Waals surface area contributed by atoms with Crippen molar-refractivity contribution in [1.82, 2.24) is 15.5 Å². The van der Waals surface area contributed by atoms with E-state index in [0.717, 1.165) is 10.6 Å². The Bertz CT molecular complexity index is 570. The van der Waals surface area contributed by atoms with E-state index in [-0.39, 0.29) is 5.91 Å². The third-order valence-corrected chi connectivity index (χ3v) is 3.98. The summed E-state index contributed by atoms with van der Waals surface area (Å²) in [5.41, 5.74) is 2.24. The minimum atomic E-state index is -0.560. The molecule has 0 saturated carbocycles. The molecule has 22 heavy (non-hydrogen) atoms. The van der Waals surface area contributed by atoms with Gasteiger partial charge in [0.25, 0.3) is 0 Å². The quantitative estimate of drug-likeness (QED) is 0.812. The SMILES string of the molecule is CC(C)(COCc1ccccc1)C(=O)NCCc1nncs1. The lowest BCUT2D eigenvalue weighted by atomic mass is 9.93. The van der Waals surface area contributed by atoms with Gasteiger partial charge in [0, 0.05) is 13.0 Å². The van der Waals surface area contributed by atoms with Crippen LogP contribution in [0.25, 0.3) is 0 Å². The first-order chi connectivity index (χ1) is 10.6. The molecule has 1 N–H and O–H groups in total. The Kier molecular flexibility index (Phi) is 6.03. The summed E-state index contributed by atoms with van der Waals surface area (Å²) in [6.07, 6.45) is 0.706. The zero-order chi connectivity index (χ0) is 15.8. The van der Waals surface area contributed by atoms with E-state index in [0.29, 0.717) is 26.2 Å². The van der Waals surface area contributed by atoms with Crippen molar-refractivity contribution >= 4 is 17.2 Å². The number of hydrogen-bond donors (Lipinski definition) is 1. The van der Waals surface area contributed by atoms with Crippen LogP contribution in [0.3, 0.4) is 0 Å². The first-order valence-electron chi connectivity index (χ1n) is 7.23. The summed E-state index contributed by atoms with van der Waals surface area (Å²) in [5.74, 6) is -0.00919. The van der Waals surface area contributed by atoms with Crippen molar-refractivity contribution < 1.29 is 9.53 Å². The lowest BCUT2D eigenvalue weighted by Gasteiger charge is -2.23. The summed E-state index contributed by atoms with van der Waals surface area (Å²) in [5, 5.41) is 11.6. The summed E-state index contributed by atoms with van der Waals surface area (Å²) in [4.78, 5) is 12.2. The third-order valence-electron chi connectivity index (χ3n) is 3.22. The molecule has 0 unspecified atom stereocenters. The van der Waals surface area contributed by atoms with Gasteiger partial charge in [0.2, 0.25) is 5.91 Å². The fourth-order valence-corrected chi connectivity index (χ4v) is 2.42. The topological polar surface area (TPSA) is 64.1 Å². The molecule has 2 aromatic rings. The Morgan fingerprint density at radius 2 is 2.09 bits per heavy atom. The van der Waals surface area contributed by atoms with E-state index in [1.165, 1.54) is 11.3 Å². The number of benzene rings is 1. The van der Waals surface area contributed by atoms with Crippen LogP contribution in [-0.2, 0) is 22.6 Å². The van der Waals surface area contributed by atoms with Gasteiger partial charge >= 0.3 is 0 Å². The Labute approximate surface area is 134 Å². The molecule has 0 saturated heterocycles. The van der Waals surface area contributed by atoms with Crippen LogP contribution in [0.5, 0.6) is 0 Å². The number of nitrogens with zero attached hydrogens (tertiary/aromatic N) is 2. The van der Waals surface area contributed by atoms with Crippen LogP contribution in [0.1, 0.15) is 24.4 Å². The fraction of sp³-hybridized carbons (Fsp3) is 0.438. The molecule has 1 aromatic carbocycles. The standard InChI is InChI=1S/C16H21N3O2S/c1-16(2,11-21-10-13-6-4-3-5-7-13)15(20)17-9-8-14-19-18-12-22-14/h3-7,12H,8-11H2,1-2H3,(H,17,20). The van der Waals surface area contributed by atoms with E-state index in [1.54, 1.807) is 5.51 Å². The normalized spacial score (nSPS) is 11.4. The average molecular weight is 319 g/mol. The van der Waals surface area contributed by atoms with E-state index in [4.69, 9.17) is 4.74 Å². The molecule has 0 aliphatic heterocycles. The molecule has 0 radical (unpaired) electrons. The van der Waals surface area contributed by atoms with Gasteiger partial charge in [-0.05, 0) is 19.4 Å². The van der Waals surface area contributed by atoms with Gasteiger partial charge in [-0.25, -0.2) is 0 Å². The smallest absolute Gasteiger partial charge is 0.228 e. The van der Waals surface area contributed by atoms with Gasteiger partial charge < -0.3 is 10.1 Å². The predicted octanol–water partition coefficient (Wildman–Crippen LogP) is 2.44. The molecule has 0 fully saturated rings. The van der Waals surface area contributed by atoms with Gasteiger partial charge in [0.05, 0.1) is 18.6 Å². The first-order valence-corrected chi connectivity index (χ1v) is 8.11. The molecule has 1 heterocycles. The van der Waals surface area contributed by atoms with Crippen molar-refractivity contribution in [1.29, 1.82) is 0 Å². The second-order valence-electron chi connectivity index (χ2n) is 5.70. The van der Waals surface area contributed by atoms with E-state index >= 15 is 0 Å². The molecule has 0 aliphatic carbocycles. The number of rotatable bonds is 8. The molecule has 5 nitrogen and oxygen atoms in total. The lowest BCUT2D eigenvalue weighted by molar-refractivity contribution is -0.132. The van der Waals surface area contributed by atoms with Crippen LogP contribution in [0.4, 0.5) is 0 Å². The predicted molar refractivity (Wildman–Crippen MR) is 86.5 cm³/mol. The van der Waals surface area contributed by atoms with E-state index in [9.17, 15) is 4.79 Å². The van der Waals surface area contributed by atoms with E-state index < -0.39 is 5.41 Å². The summed E-state index contributed by atoms with van der Waals surface area (Å²) in [6, 6.07) is 9.94. The highest BCUT2D eigenvalue weighted by atomic mass is 32.1. The zero-order valence-corrected chi connectivity index (χ0v) is 13.7. The summed E-state index contributed by atoms with van der Waals surface area (Å²) in [7, 11) is 0. The maximum Gasteiger partial charge on any atom is 0.228 e. The Balaban J connectivity index is 1.70. The van der Waals surface area contributed by atoms with Crippen molar-refractivity contribution in [3.05, 3.63) is 46.4 Å². The summed E-state index contributed by atoms with van der Waals surface area (Å²) >= 11 is 1.50. The molecule has 0 spiro atoms. The molecule has 2 rings (SSSR count). The van der Waals surface area contributed by atoms with Crippen LogP contribution >= 0.6 is 11.3 Å². The van der Waals surface area contributed by atoms with Gasteiger partial charge in [-0.1, -0.05) is 30.3 Å². The van der Waals surface area contributed by atoms with Crippen molar-refractivity contribution in [3.63, 3.8) is 0 Å². The maximum absolute atomic E-state index is 12.2. The highest BCUT2D eigenvalue weighted by Gasteiger charge is 2.27. The molecule has 1 amide bonds. The van der Waals surface area contributed by atoms with Crippen molar-refractivity contribution in [3.8, 4) is 0 Å². The highest BCUT2D eigenvalue weighted by molar-refractivity contribution is 7.09. The van der Waals surface area contributed by atoms with Gasteiger partial charge in [-0.15, -0.1) is 21.5 Å². The van der Waals surface area contributed by atoms with Crippen LogP contribution in [0.15, 0.2) is 35.8 Å². The zero-order valence-electron chi connectivity index (χ0n) is 12.9. The maximum atomic E-state index is 12.2. The monoisotopic (exact) mass is 319 g/mol. The largest absolute Gasteiger partial charge is 0.376 e. The third kappa shape index (κ3) is 5.20. The van der Waals surface area contributed by atoms with Gasteiger partial charge in [-0.2, -0.15) is 0 Å². The van der Waals surface area contributed by atoms with Gasteiger partial charge in [0.1, 0.15) is 10.5 Å².